The number of dihydropyridines is 1. The molecular weight excluding hydrogens is 228 g/mol. The molecule has 1 fully saturated rings. The van der Waals surface area contributed by atoms with Gasteiger partial charge >= 0.3 is 0 Å². The van der Waals surface area contributed by atoms with Crippen LogP contribution in [-0.2, 0) is 0 Å². The van der Waals surface area contributed by atoms with Crippen LogP contribution in [0.3, 0.4) is 0 Å². The van der Waals surface area contributed by atoms with Gasteiger partial charge in [-0.25, -0.2) is 0 Å². The Morgan fingerprint density at radius 3 is 2.85 bits per heavy atom. The van der Waals surface area contributed by atoms with Crippen molar-refractivity contribution in [1.82, 2.24) is 10.2 Å². The number of nitrogens with zero attached hydrogens (tertiary/aromatic N) is 1. The van der Waals surface area contributed by atoms with E-state index in [1.165, 1.54) is 31.5 Å². The van der Waals surface area contributed by atoms with Crippen LogP contribution in [0.4, 0.5) is 0 Å². The van der Waals surface area contributed by atoms with E-state index < -0.39 is 0 Å². The topological polar surface area (TPSA) is 15.3 Å². The van der Waals surface area contributed by atoms with Gasteiger partial charge in [0.25, 0.3) is 0 Å². The van der Waals surface area contributed by atoms with Gasteiger partial charge in [-0.1, -0.05) is 28.1 Å². The Bertz CT molecular complexity index is 229. The number of hydrogen-bond donors (Lipinski definition) is 1. The molecule has 1 atom stereocenters. The van der Waals surface area contributed by atoms with Gasteiger partial charge in [0.2, 0.25) is 0 Å². The van der Waals surface area contributed by atoms with Crippen LogP contribution in [0, 0.1) is 0 Å². The maximum absolute atomic E-state index is 3.47. The fourth-order valence-corrected chi connectivity index (χ4v) is 2.08. The maximum Gasteiger partial charge on any atom is 0.100 e. The lowest BCUT2D eigenvalue weighted by molar-refractivity contribution is 0.370. The molecule has 0 saturated carbocycles. The van der Waals surface area contributed by atoms with Gasteiger partial charge in [-0.2, -0.15) is 0 Å². The van der Waals surface area contributed by atoms with Crippen LogP contribution < -0.4 is 5.32 Å². The van der Waals surface area contributed by atoms with Crippen LogP contribution in [0.15, 0.2) is 23.9 Å². The SMILES string of the molecule is BrC1C=CC(CN2CCCC2)=CN1. The summed E-state index contributed by atoms with van der Waals surface area (Å²) in [6.45, 7) is 3.63. The van der Waals surface area contributed by atoms with Crippen molar-refractivity contribution in [2.75, 3.05) is 19.6 Å². The van der Waals surface area contributed by atoms with Crippen molar-refractivity contribution in [3.05, 3.63) is 23.9 Å². The van der Waals surface area contributed by atoms with Crippen LogP contribution in [0.25, 0.3) is 0 Å². The Hall–Kier alpha value is -0.280. The Morgan fingerprint density at radius 1 is 1.46 bits per heavy atom. The van der Waals surface area contributed by atoms with E-state index in [9.17, 15) is 0 Å². The molecule has 2 rings (SSSR count). The maximum atomic E-state index is 3.47. The van der Waals surface area contributed by atoms with Crippen LogP contribution >= 0.6 is 15.9 Å². The first-order valence-electron chi connectivity index (χ1n) is 4.84. The van der Waals surface area contributed by atoms with E-state index in [4.69, 9.17) is 0 Å². The number of halogens is 1. The normalized spacial score (nSPS) is 28.7. The molecule has 2 heterocycles. The second kappa shape index (κ2) is 4.29. The summed E-state index contributed by atoms with van der Waals surface area (Å²) in [6, 6.07) is 0. The quantitative estimate of drug-likeness (QED) is 0.588. The van der Waals surface area contributed by atoms with Gasteiger partial charge in [-0.15, -0.1) is 0 Å². The first-order valence-corrected chi connectivity index (χ1v) is 5.76. The molecule has 0 aliphatic carbocycles. The molecule has 1 saturated heterocycles. The van der Waals surface area contributed by atoms with Crippen LogP contribution in [0.1, 0.15) is 12.8 Å². The average Bonchev–Trinajstić information content (AvgIpc) is 2.62. The van der Waals surface area contributed by atoms with Gasteiger partial charge in [-0.3, -0.25) is 4.90 Å². The third-order valence-corrected chi connectivity index (χ3v) is 3.08. The third-order valence-electron chi connectivity index (χ3n) is 2.51. The van der Waals surface area contributed by atoms with Gasteiger partial charge in [0.05, 0.1) is 0 Å². The molecular formula is C10H15BrN2. The lowest BCUT2D eigenvalue weighted by atomic mass is 10.2. The van der Waals surface area contributed by atoms with E-state index in [1.807, 2.05) is 0 Å². The number of rotatable bonds is 2. The highest BCUT2D eigenvalue weighted by atomic mass is 79.9. The Morgan fingerprint density at radius 2 is 2.23 bits per heavy atom. The van der Waals surface area contributed by atoms with Crippen molar-refractivity contribution in [2.24, 2.45) is 0 Å². The molecule has 0 radical (unpaired) electrons. The molecule has 0 spiro atoms. The fourth-order valence-electron chi connectivity index (χ4n) is 1.80. The smallest absolute Gasteiger partial charge is 0.100 e. The minimum Gasteiger partial charge on any atom is -0.375 e. The van der Waals surface area contributed by atoms with Crippen molar-refractivity contribution in [1.29, 1.82) is 0 Å². The molecule has 72 valence electrons. The zero-order valence-electron chi connectivity index (χ0n) is 7.67. The van der Waals surface area contributed by atoms with Crippen molar-refractivity contribution >= 4 is 15.9 Å². The molecule has 2 aliphatic heterocycles. The summed E-state index contributed by atoms with van der Waals surface area (Å²) < 4.78 is 0. The molecule has 0 aromatic carbocycles. The Labute approximate surface area is 87.8 Å². The summed E-state index contributed by atoms with van der Waals surface area (Å²) in [6.07, 6.45) is 9.19. The van der Waals surface area contributed by atoms with Gasteiger partial charge < -0.3 is 5.32 Å². The first-order chi connectivity index (χ1) is 6.34. The largest absolute Gasteiger partial charge is 0.375 e. The molecule has 0 aromatic rings. The van der Waals surface area contributed by atoms with Crippen molar-refractivity contribution in [3.63, 3.8) is 0 Å². The summed E-state index contributed by atoms with van der Waals surface area (Å²) in [4.78, 5) is 2.82. The lowest BCUT2D eigenvalue weighted by Crippen LogP contribution is -2.25. The molecule has 3 heteroatoms. The molecule has 13 heavy (non-hydrogen) atoms. The second-order valence-corrected chi connectivity index (χ2v) is 4.62. The van der Waals surface area contributed by atoms with Crippen LogP contribution in [0.2, 0.25) is 0 Å². The van der Waals surface area contributed by atoms with Gasteiger partial charge in [0.15, 0.2) is 0 Å². The van der Waals surface area contributed by atoms with Crippen molar-refractivity contribution < 1.29 is 0 Å². The molecule has 1 unspecified atom stereocenters. The zero-order chi connectivity index (χ0) is 9.10. The molecule has 0 amide bonds. The monoisotopic (exact) mass is 242 g/mol. The molecule has 2 aliphatic rings. The van der Waals surface area contributed by atoms with Crippen molar-refractivity contribution in [3.8, 4) is 0 Å². The summed E-state index contributed by atoms with van der Waals surface area (Å²) in [5.74, 6) is 0. The molecule has 2 nitrogen and oxygen atoms in total. The molecule has 0 aromatic heterocycles. The van der Waals surface area contributed by atoms with E-state index in [-0.39, 0.29) is 0 Å². The highest BCUT2D eigenvalue weighted by Gasteiger charge is 2.13. The Kier molecular flexibility index (Phi) is 3.06. The average molecular weight is 243 g/mol. The summed E-state index contributed by atoms with van der Waals surface area (Å²) in [7, 11) is 0. The van der Waals surface area contributed by atoms with Crippen LogP contribution in [-0.4, -0.2) is 29.5 Å². The predicted molar refractivity (Wildman–Crippen MR) is 58.7 cm³/mol. The van der Waals surface area contributed by atoms with E-state index in [0.29, 0.717) is 4.95 Å². The second-order valence-electron chi connectivity index (χ2n) is 3.63. The first kappa shape index (κ1) is 9.28. The zero-order valence-corrected chi connectivity index (χ0v) is 9.26. The standard InChI is InChI=1S/C10H15BrN2/c11-10-4-3-9(7-12-10)8-13-5-1-2-6-13/h3-4,7,10,12H,1-2,5-6,8H2. The minimum atomic E-state index is 0.315. The molecule has 1 N–H and O–H groups in total. The van der Waals surface area contributed by atoms with Crippen molar-refractivity contribution in [2.45, 2.75) is 17.8 Å². The highest BCUT2D eigenvalue weighted by Crippen LogP contribution is 2.13. The summed E-state index contributed by atoms with van der Waals surface area (Å²) >= 11 is 3.47. The van der Waals surface area contributed by atoms with E-state index in [0.717, 1.165) is 6.54 Å². The van der Waals surface area contributed by atoms with Gasteiger partial charge in [-0.05, 0) is 31.5 Å². The number of likely N-dealkylation sites (tertiary alicyclic amines) is 1. The molecule has 0 bridgehead atoms. The number of nitrogens with one attached hydrogen (secondary N) is 1. The van der Waals surface area contributed by atoms with Crippen LogP contribution in [0.5, 0.6) is 0 Å². The van der Waals surface area contributed by atoms with Gasteiger partial charge in [0.1, 0.15) is 4.95 Å². The predicted octanol–water partition coefficient (Wildman–Crippen LogP) is 1.85. The number of alkyl halides is 1. The van der Waals surface area contributed by atoms with E-state index in [1.54, 1.807) is 0 Å². The fraction of sp³-hybridized carbons (Fsp3) is 0.600. The van der Waals surface area contributed by atoms with Gasteiger partial charge in [0, 0.05) is 12.7 Å². The Balaban J connectivity index is 1.85. The highest BCUT2D eigenvalue weighted by molar-refractivity contribution is 9.09. The summed E-state index contributed by atoms with van der Waals surface area (Å²) in [5, 5.41) is 3.25. The third kappa shape index (κ3) is 2.58. The summed E-state index contributed by atoms with van der Waals surface area (Å²) in [5.41, 5.74) is 1.39. The minimum absolute atomic E-state index is 0.315. The van der Waals surface area contributed by atoms with E-state index >= 15 is 0 Å². The lowest BCUT2D eigenvalue weighted by Gasteiger charge is -2.18. The number of hydrogen-bond acceptors (Lipinski definition) is 2. The van der Waals surface area contributed by atoms with E-state index in [2.05, 4.69) is 44.5 Å².